The molecule has 0 saturated carbocycles. The third-order valence-electron chi connectivity index (χ3n) is 2.96. The third-order valence-corrected chi connectivity index (χ3v) is 2.96. The highest BCUT2D eigenvalue weighted by Crippen LogP contribution is 2.12. The van der Waals surface area contributed by atoms with E-state index in [2.05, 4.69) is 43.9 Å². The number of hydrogen-bond donors (Lipinski definition) is 1. The summed E-state index contributed by atoms with van der Waals surface area (Å²) in [7, 11) is 0. The summed E-state index contributed by atoms with van der Waals surface area (Å²) in [5.74, 6) is 0. The van der Waals surface area contributed by atoms with Gasteiger partial charge in [-0.25, -0.2) is 0 Å². The van der Waals surface area contributed by atoms with Gasteiger partial charge in [0.1, 0.15) is 0 Å². The van der Waals surface area contributed by atoms with Gasteiger partial charge in [-0.05, 0) is 43.5 Å². The predicted octanol–water partition coefficient (Wildman–Crippen LogP) is 2.47. The molecule has 1 aromatic carbocycles. The Morgan fingerprint density at radius 3 is 2.44 bits per heavy atom. The first-order valence-electron chi connectivity index (χ1n) is 6.16. The summed E-state index contributed by atoms with van der Waals surface area (Å²) >= 11 is 0. The molecule has 0 aromatic heterocycles. The molecule has 0 fully saturated rings. The van der Waals surface area contributed by atoms with Crippen molar-refractivity contribution >= 4 is 0 Å². The zero-order valence-corrected chi connectivity index (χ0v) is 10.8. The number of aryl methyl sites for hydroxylation is 2. The standard InChI is InChI=1S/C14H24N2/c1-4-8-16(9-7-15)11-14-6-5-12(2)13(3)10-14/h5-6,10H,4,7-9,11,15H2,1-3H3. The van der Waals surface area contributed by atoms with Crippen LogP contribution in [-0.4, -0.2) is 24.5 Å². The molecule has 2 N–H and O–H groups in total. The first-order valence-corrected chi connectivity index (χ1v) is 6.16. The minimum atomic E-state index is 0.741. The Morgan fingerprint density at radius 2 is 1.88 bits per heavy atom. The summed E-state index contributed by atoms with van der Waals surface area (Å²) in [6.45, 7) is 10.4. The maximum Gasteiger partial charge on any atom is 0.0234 e. The zero-order valence-electron chi connectivity index (χ0n) is 10.8. The van der Waals surface area contributed by atoms with Crippen LogP contribution in [0.2, 0.25) is 0 Å². The maximum atomic E-state index is 5.63. The van der Waals surface area contributed by atoms with E-state index in [0.717, 1.165) is 26.2 Å². The molecule has 0 aliphatic carbocycles. The number of hydrogen-bond acceptors (Lipinski definition) is 2. The Bertz CT molecular complexity index is 315. The van der Waals surface area contributed by atoms with Gasteiger partial charge in [0.25, 0.3) is 0 Å². The van der Waals surface area contributed by atoms with Crippen LogP contribution in [0, 0.1) is 13.8 Å². The van der Waals surface area contributed by atoms with Crippen molar-refractivity contribution in [1.29, 1.82) is 0 Å². The molecule has 1 rings (SSSR count). The van der Waals surface area contributed by atoms with Gasteiger partial charge in [-0.1, -0.05) is 25.1 Å². The topological polar surface area (TPSA) is 29.3 Å². The average molecular weight is 220 g/mol. The van der Waals surface area contributed by atoms with Crippen LogP contribution in [0.5, 0.6) is 0 Å². The van der Waals surface area contributed by atoms with E-state index in [1.165, 1.54) is 23.1 Å². The van der Waals surface area contributed by atoms with Gasteiger partial charge in [0.05, 0.1) is 0 Å². The Morgan fingerprint density at radius 1 is 1.12 bits per heavy atom. The van der Waals surface area contributed by atoms with Crippen LogP contribution < -0.4 is 5.73 Å². The van der Waals surface area contributed by atoms with Crippen molar-refractivity contribution < 1.29 is 0 Å². The fourth-order valence-corrected chi connectivity index (χ4v) is 1.93. The van der Waals surface area contributed by atoms with Gasteiger partial charge in [-0.3, -0.25) is 4.90 Å². The fourth-order valence-electron chi connectivity index (χ4n) is 1.93. The lowest BCUT2D eigenvalue weighted by atomic mass is 10.1. The molecule has 0 unspecified atom stereocenters. The second kappa shape index (κ2) is 6.66. The number of nitrogens with two attached hydrogens (primary N) is 1. The van der Waals surface area contributed by atoms with Crippen molar-refractivity contribution in [2.45, 2.75) is 33.7 Å². The van der Waals surface area contributed by atoms with Crippen molar-refractivity contribution in [1.82, 2.24) is 4.90 Å². The van der Waals surface area contributed by atoms with Crippen molar-refractivity contribution in [3.05, 3.63) is 34.9 Å². The van der Waals surface area contributed by atoms with Gasteiger partial charge >= 0.3 is 0 Å². The molecule has 0 heterocycles. The quantitative estimate of drug-likeness (QED) is 0.798. The van der Waals surface area contributed by atoms with Gasteiger partial charge < -0.3 is 5.73 Å². The number of benzene rings is 1. The van der Waals surface area contributed by atoms with Crippen LogP contribution in [0.1, 0.15) is 30.0 Å². The SMILES string of the molecule is CCCN(CCN)Cc1ccc(C)c(C)c1. The Balaban J connectivity index is 2.65. The molecule has 2 heteroatoms. The molecule has 0 amide bonds. The summed E-state index contributed by atoms with van der Waals surface area (Å²) in [4.78, 5) is 2.42. The monoisotopic (exact) mass is 220 g/mol. The lowest BCUT2D eigenvalue weighted by Gasteiger charge is -2.21. The molecule has 90 valence electrons. The van der Waals surface area contributed by atoms with Gasteiger partial charge in [0.2, 0.25) is 0 Å². The molecule has 1 aromatic rings. The van der Waals surface area contributed by atoms with Gasteiger partial charge in [0.15, 0.2) is 0 Å². The van der Waals surface area contributed by atoms with Crippen LogP contribution in [0.4, 0.5) is 0 Å². The normalized spacial score (nSPS) is 11.1. The minimum Gasteiger partial charge on any atom is -0.329 e. The van der Waals surface area contributed by atoms with E-state index in [1.807, 2.05) is 0 Å². The molecule has 0 aliphatic rings. The van der Waals surface area contributed by atoms with E-state index in [4.69, 9.17) is 5.73 Å². The summed E-state index contributed by atoms with van der Waals surface area (Å²) < 4.78 is 0. The Labute approximate surface area is 99.5 Å². The highest BCUT2D eigenvalue weighted by atomic mass is 15.1. The van der Waals surface area contributed by atoms with Gasteiger partial charge in [-0.2, -0.15) is 0 Å². The summed E-state index contributed by atoms with van der Waals surface area (Å²) in [6, 6.07) is 6.72. The zero-order chi connectivity index (χ0) is 12.0. The molecule has 0 saturated heterocycles. The fraction of sp³-hybridized carbons (Fsp3) is 0.571. The van der Waals surface area contributed by atoms with Gasteiger partial charge in [0, 0.05) is 19.6 Å². The van der Waals surface area contributed by atoms with E-state index >= 15 is 0 Å². The van der Waals surface area contributed by atoms with Crippen molar-refractivity contribution in [3.8, 4) is 0 Å². The molecule has 2 nitrogen and oxygen atoms in total. The molecular formula is C14H24N2. The van der Waals surface area contributed by atoms with E-state index < -0.39 is 0 Å². The van der Waals surface area contributed by atoms with E-state index in [-0.39, 0.29) is 0 Å². The van der Waals surface area contributed by atoms with Crippen LogP contribution in [0.3, 0.4) is 0 Å². The van der Waals surface area contributed by atoms with Crippen molar-refractivity contribution in [2.24, 2.45) is 5.73 Å². The van der Waals surface area contributed by atoms with Crippen molar-refractivity contribution in [3.63, 3.8) is 0 Å². The minimum absolute atomic E-state index is 0.741. The molecule has 0 atom stereocenters. The first-order chi connectivity index (χ1) is 7.67. The van der Waals surface area contributed by atoms with E-state index in [0.29, 0.717) is 0 Å². The molecule has 0 bridgehead atoms. The van der Waals surface area contributed by atoms with Gasteiger partial charge in [-0.15, -0.1) is 0 Å². The predicted molar refractivity (Wildman–Crippen MR) is 70.5 cm³/mol. The summed E-state index contributed by atoms with van der Waals surface area (Å²) in [5, 5.41) is 0. The summed E-state index contributed by atoms with van der Waals surface area (Å²) in [6.07, 6.45) is 1.19. The van der Waals surface area contributed by atoms with Crippen molar-refractivity contribution in [2.75, 3.05) is 19.6 Å². The molecule has 16 heavy (non-hydrogen) atoms. The number of nitrogens with zero attached hydrogens (tertiary/aromatic N) is 1. The second-order valence-electron chi connectivity index (χ2n) is 4.48. The highest BCUT2D eigenvalue weighted by Gasteiger charge is 2.04. The maximum absolute atomic E-state index is 5.63. The van der Waals surface area contributed by atoms with Crippen LogP contribution in [0.15, 0.2) is 18.2 Å². The van der Waals surface area contributed by atoms with Crippen LogP contribution >= 0.6 is 0 Å². The molecule has 0 spiro atoms. The molecular weight excluding hydrogens is 196 g/mol. The molecule has 0 aliphatic heterocycles. The summed E-state index contributed by atoms with van der Waals surface area (Å²) in [5.41, 5.74) is 9.76. The largest absolute Gasteiger partial charge is 0.329 e. The average Bonchev–Trinajstić information content (AvgIpc) is 2.24. The number of rotatable bonds is 6. The Kier molecular flexibility index (Phi) is 5.50. The lowest BCUT2D eigenvalue weighted by molar-refractivity contribution is 0.273. The van der Waals surface area contributed by atoms with Crippen LogP contribution in [0.25, 0.3) is 0 Å². The lowest BCUT2D eigenvalue weighted by Crippen LogP contribution is -2.29. The third kappa shape index (κ3) is 3.95. The van der Waals surface area contributed by atoms with E-state index in [9.17, 15) is 0 Å². The van der Waals surface area contributed by atoms with E-state index in [1.54, 1.807) is 0 Å². The Hall–Kier alpha value is -0.860. The van der Waals surface area contributed by atoms with Crippen LogP contribution in [-0.2, 0) is 6.54 Å². The second-order valence-corrected chi connectivity index (χ2v) is 4.48. The first kappa shape index (κ1) is 13.2. The molecule has 0 radical (unpaired) electrons. The highest BCUT2D eigenvalue weighted by molar-refractivity contribution is 5.29. The smallest absolute Gasteiger partial charge is 0.0234 e.